The predicted molar refractivity (Wildman–Crippen MR) is 110 cm³/mol. The first-order chi connectivity index (χ1) is 13.3. The molecule has 1 aromatic heterocycles. The second-order valence-corrected chi connectivity index (χ2v) is 10.2. The van der Waals surface area contributed by atoms with Gasteiger partial charge in [0.1, 0.15) is 0 Å². The molecule has 0 N–H and O–H groups in total. The van der Waals surface area contributed by atoms with Crippen molar-refractivity contribution in [1.29, 1.82) is 0 Å². The molecule has 4 rings (SSSR count). The van der Waals surface area contributed by atoms with Crippen molar-refractivity contribution in [3.63, 3.8) is 0 Å². The molecule has 3 heterocycles. The van der Waals surface area contributed by atoms with Crippen LogP contribution in [0.15, 0.2) is 17.0 Å². The van der Waals surface area contributed by atoms with Crippen molar-refractivity contribution >= 4 is 10.0 Å². The number of nitrogens with zero attached hydrogens (tertiary/aromatic N) is 4. The number of fused-ring (bicyclic) bond motifs is 1. The van der Waals surface area contributed by atoms with Crippen LogP contribution in [0.2, 0.25) is 0 Å². The SMILES string of the molecule is Cc1cc(C)c(S(=O)(=O)N2CCc3c(c(CN4CCCC4)nn3C)C2)c(C)c1. The van der Waals surface area contributed by atoms with Gasteiger partial charge in [-0.15, -0.1) is 0 Å². The van der Waals surface area contributed by atoms with Gasteiger partial charge in [-0.1, -0.05) is 17.7 Å². The van der Waals surface area contributed by atoms with Gasteiger partial charge in [-0.2, -0.15) is 9.40 Å². The Labute approximate surface area is 168 Å². The third-order valence-electron chi connectivity index (χ3n) is 6.07. The molecule has 28 heavy (non-hydrogen) atoms. The molecule has 0 spiro atoms. The van der Waals surface area contributed by atoms with Crippen LogP contribution in [-0.2, 0) is 36.6 Å². The highest BCUT2D eigenvalue weighted by Gasteiger charge is 2.34. The van der Waals surface area contributed by atoms with E-state index in [-0.39, 0.29) is 0 Å². The normalized spacial score (nSPS) is 18.6. The van der Waals surface area contributed by atoms with Gasteiger partial charge in [0.25, 0.3) is 0 Å². The van der Waals surface area contributed by atoms with Crippen LogP contribution in [0.5, 0.6) is 0 Å². The zero-order valence-electron chi connectivity index (χ0n) is 17.3. The van der Waals surface area contributed by atoms with E-state index < -0.39 is 10.0 Å². The lowest BCUT2D eigenvalue weighted by molar-refractivity contribution is 0.322. The molecule has 0 unspecified atom stereocenters. The van der Waals surface area contributed by atoms with E-state index in [2.05, 4.69) is 4.90 Å². The Hall–Kier alpha value is -1.70. The van der Waals surface area contributed by atoms with Crippen molar-refractivity contribution in [1.82, 2.24) is 19.0 Å². The number of benzene rings is 1. The van der Waals surface area contributed by atoms with Crippen LogP contribution in [0.3, 0.4) is 0 Å². The van der Waals surface area contributed by atoms with Crippen molar-refractivity contribution in [2.45, 2.75) is 58.0 Å². The standard InChI is InChI=1S/C21H30N4O2S/c1-15-11-16(2)21(17(3)12-15)28(26,27)25-10-7-20-18(13-25)19(22-23(20)4)14-24-8-5-6-9-24/h11-12H,5-10,13-14H2,1-4H3. The molecule has 0 amide bonds. The Morgan fingerprint density at radius 3 is 2.32 bits per heavy atom. The molecular formula is C21H30N4O2S. The summed E-state index contributed by atoms with van der Waals surface area (Å²) in [6.45, 7) is 9.75. The number of likely N-dealkylation sites (tertiary alicyclic amines) is 1. The number of aryl methyl sites for hydroxylation is 4. The summed E-state index contributed by atoms with van der Waals surface area (Å²) in [5.74, 6) is 0. The van der Waals surface area contributed by atoms with Gasteiger partial charge in [0.15, 0.2) is 0 Å². The molecule has 152 valence electrons. The highest BCUT2D eigenvalue weighted by molar-refractivity contribution is 7.89. The molecule has 1 fully saturated rings. The van der Waals surface area contributed by atoms with Gasteiger partial charge in [0.2, 0.25) is 10.0 Å². The largest absolute Gasteiger partial charge is 0.297 e. The first-order valence-corrected chi connectivity index (χ1v) is 11.6. The smallest absolute Gasteiger partial charge is 0.243 e. The van der Waals surface area contributed by atoms with Crippen molar-refractivity contribution in [2.24, 2.45) is 7.05 Å². The average Bonchev–Trinajstić information content (AvgIpc) is 3.22. The molecule has 2 aliphatic rings. The second kappa shape index (κ2) is 7.28. The van der Waals surface area contributed by atoms with Crippen LogP contribution >= 0.6 is 0 Å². The fourth-order valence-corrected chi connectivity index (χ4v) is 6.65. The molecule has 1 saturated heterocycles. The third kappa shape index (κ3) is 3.40. The first-order valence-electron chi connectivity index (χ1n) is 10.1. The minimum Gasteiger partial charge on any atom is -0.297 e. The fraction of sp³-hybridized carbons (Fsp3) is 0.571. The summed E-state index contributed by atoms with van der Waals surface area (Å²) >= 11 is 0. The van der Waals surface area contributed by atoms with Crippen LogP contribution in [0.25, 0.3) is 0 Å². The van der Waals surface area contributed by atoms with Crippen LogP contribution < -0.4 is 0 Å². The number of aromatic nitrogens is 2. The summed E-state index contributed by atoms with van der Waals surface area (Å²) in [7, 11) is -1.56. The molecule has 2 aromatic rings. The molecular weight excluding hydrogens is 372 g/mol. The van der Waals surface area contributed by atoms with Crippen LogP contribution in [0.4, 0.5) is 0 Å². The van der Waals surface area contributed by atoms with E-state index in [9.17, 15) is 8.42 Å². The average molecular weight is 403 g/mol. The Morgan fingerprint density at radius 2 is 1.68 bits per heavy atom. The van der Waals surface area contributed by atoms with Crippen LogP contribution in [0, 0.1) is 20.8 Å². The van der Waals surface area contributed by atoms with Crippen molar-refractivity contribution < 1.29 is 8.42 Å². The van der Waals surface area contributed by atoms with Gasteiger partial charge in [-0.25, -0.2) is 8.42 Å². The Bertz CT molecular complexity index is 981. The lowest BCUT2D eigenvalue weighted by Crippen LogP contribution is -2.37. The van der Waals surface area contributed by atoms with Crippen molar-refractivity contribution in [3.8, 4) is 0 Å². The molecule has 0 aliphatic carbocycles. The van der Waals surface area contributed by atoms with Gasteiger partial charge >= 0.3 is 0 Å². The summed E-state index contributed by atoms with van der Waals surface area (Å²) in [6.07, 6.45) is 3.19. The number of rotatable bonds is 4. The molecule has 0 bridgehead atoms. The molecule has 7 heteroatoms. The van der Waals surface area contributed by atoms with E-state index in [0.717, 1.165) is 47.6 Å². The molecule has 6 nitrogen and oxygen atoms in total. The Morgan fingerprint density at radius 1 is 1.04 bits per heavy atom. The maximum Gasteiger partial charge on any atom is 0.243 e. The summed E-state index contributed by atoms with van der Waals surface area (Å²) in [5.41, 5.74) is 6.06. The van der Waals surface area contributed by atoms with Crippen molar-refractivity contribution in [3.05, 3.63) is 45.8 Å². The lowest BCUT2D eigenvalue weighted by Gasteiger charge is -2.28. The number of sulfonamides is 1. The lowest BCUT2D eigenvalue weighted by atomic mass is 10.1. The third-order valence-corrected chi connectivity index (χ3v) is 8.22. The molecule has 0 saturated carbocycles. The van der Waals surface area contributed by atoms with Gasteiger partial charge in [-0.3, -0.25) is 9.58 Å². The van der Waals surface area contributed by atoms with E-state index in [0.29, 0.717) is 24.4 Å². The summed E-state index contributed by atoms with van der Waals surface area (Å²) in [4.78, 5) is 2.89. The van der Waals surface area contributed by atoms with Crippen LogP contribution in [0.1, 0.15) is 46.5 Å². The number of hydrogen-bond donors (Lipinski definition) is 0. The quantitative estimate of drug-likeness (QED) is 0.789. The van der Waals surface area contributed by atoms with Crippen molar-refractivity contribution in [2.75, 3.05) is 19.6 Å². The van der Waals surface area contributed by atoms with E-state index in [1.165, 1.54) is 18.5 Å². The first kappa shape index (κ1) is 19.6. The van der Waals surface area contributed by atoms with Gasteiger partial charge in [0.05, 0.1) is 10.6 Å². The van der Waals surface area contributed by atoms with E-state index in [1.807, 2.05) is 44.6 Å². The van der Waals surface area contributed by atoms with Gasteiger partial charge < -0.3 is 0 Å². The molecule has 1 aromatic carbocycles. The Balaban J connectivity index is 1.66. The molecule has 0 radical (unpaired) electrons. The zero-order chi connectivity index (χ0) is 20.1. The van der Waals surface area contributed by atoms with Gasteiger partial charge in [0, 0.05) is 44.4 Å². The van der Waals surface area contributed by atoms with Crippen LogP contribution in [-0.4, -0.2) is 47.0 Å². The minimum atomic E-state index is -3.53. The fourth-order valence-electron chi connectivity index (χ4n) is 4.83. The van der Waals surface area contributed by atoms with E-state index in [4.69, 9.17) is 5.10 Å². The maximum atomic E-state index is 13.5. The number of hydrogen-bond acceptors (Lipinski definition) is 4. The topological polar surface area (TPSA) is 58.4 Å². The summed E-state index contributed by atoms with van der Waals surface area (Å²) < 4.78 is 30.6. The summed E-state index contributed by atoms with van der Waals surface area (Å²) in [6, 6.07) is 3.91. The highest BCUT2D eigenvalue weighted by atomic mass is 32.2. The Kier molecular flexibility index (Phi) is 5.10. The highest BCUT2D eigenvalue weighted by Crippen LogP contribution is 2.31. The van der Waals surface area contributed by atoms with E-state index >= 15 is 0 Å². The second-order valence-electron chi connectivity index (χ2n) is 8.30. The molecule has 2 aliphatic heterocycles. The maximum absolute atomic E-state index is 13.5. The minimum absolute atomic E-state index is 0.418. The predicted octanol–water partition coefficient (Wildman–Crippen LogP) is 2.69. The zero-order valence-corrected chi connectivity index (χ0v) is 18.1. The van der Waals surface area contributed by atoms with E-state index in [1.54, 1.807) is 4.31 Å². The summed E-state index contributed by atoms with van der Waals surface area (Å²) in [5, 5.41) is 4.75. The monoisotopic (exact) mass is 402 g/mol. The molecule has 0 atom stereocenters. The van der Waals surface area contributed by atoms with Gasteiger partial charge in [-0.05, 0) is 57.8 Å².